The summed E-state index contributed by atoms with van der Waals surface area (Å²) in [5, 5.41) is 3.14. The molecule has 0 bridgehead atoms. The Kier molecular flexibility index (Phi) is 34.9. The molecule has 3 heteroatoms. The molecule has 3 nitrogen and oxygen atoms in total. The Morgan fingerprint density at radius 3 is 1.12 bits per heavy atom. The van der Waals surface area contributed by atoms with Crippen LogP contribution in [-0.4, -0.2) is 18.7 Å². The third-order valence-corrected chi connectivity index (χ3v) is 8.48. The summed E-state index contributed by atoms with van der Waals surface area (Å²) in [5.74, 6) is 0. The van der Waals surface area contributed by atoms with E-state index in [0.717, 1.165) is 12.8 Å². The molecule has 1 atom stereocenters. The molecule has 0 aliphatic heterocycles. The lowest BCUT2D eigenvalue weighted by atomic mass is 10.00. The summed E-state index contributed by atoms with van der Waals surface area (Å²) in [4.78, 5) is 12.0. The van der Waals surface area contributed by atoms with Crippen molar-refractivity contribution in [1.82, 2.24) is 5.32 Å². The highest BCUT2D eigenvalue weighted by atomic mass is 16.5. The zero-order chi connectivity index (χ0) is 30.6. The maximum Gasteiger partial charge on any atom is 0.407 e. The highest BCUT2D eigenvalue weighted by Crippen LogP contribution is 2.16. The standard InChI is InChI=1S/C39H75NO2/c1-4-7-9-11-13-15-17-19-21-23-25-27-29-31-33-35-37-38(40-39(41)42-6-3)36-34-32-30-28-26-24-22-20-18-16-14-12-10-8-5-2/h19-22,38H,4-18,23-37H2,1-3H3,(H,40,41). The van der Waals surface area contributed by atoms with Crippen LogP contribution in [0.3, 0.4) is 0 Å². The first-order valence-electron chi connectivity index (χ1n) is 19.0. The van der Waals surface area contributed by atoms with E-state index in [2.05, 4.69) is 43.5 Å². The predicted molar refractivity (Wildman–Crippen MR) is 187 cm³/mol. The van der Waals surface area contributed by atoms with E-state index in [-0.39, 0.29) is 12.1 Å². The number of allylic oxidation sites excluding steroid dienone is 4. The van der Waals surface area contributed by atoms with Gasteiger partial charge in [-0.05, 0) is 71.1 Å². The van der Waals surface area contributed by atoms with Gasteiger partial charge in [-0.3, -0.25) is 0 Å². The molecule has 0 aliphatic carbocycles. The lowest BCUT2D eigenvalue weighted by Gasteiger charge is -2.18. The molecule has 0 aromatic carbocycles. The normalized spacial score (nSPS) is 12.5. The molecule has 0 rings (SSSR count). The molecule has 42 heavy (non-hydrogen) atoms. The fourth-order valence-electron chi connectivity index (χ4n) is 5.73. The molecule has 0 heterocycles. The number of rotatable bonds is 33. The number of alkyl carbamates (subject to hydrolysis) is 1. The molecular weight excluding hydrogens is 514 g/mol. The fourth-order valence-corrected chi connectivity index (χ4v) is 5.73. The highest BCUT2D eigenvalue weighted by Gasteiger charge is 2.12. The molecule has 0 saturated carbocycles. The van der Waals surface area contributed by atoms with Crippen LogP contribution in [0.25, 0.3) is 0 Å². The molecule has 0 saturated heterocycles. The van der Waals surface area contributed by atoms with E-state index in [1.165, 1.54) is 173 Å². The van der Waals surface area contributed by atoms with Crippen molar-refractivity contribution >= 4 is 6.09 Å². The summed E-state index contributed by atoms with van der Waals surface area (Å²) >= 11 is 0. The van der Waals surface area contributed by atoms with Crippen LogP contribution in [0.5, 0.6) is 0 Å². The summed E-state index contributed by atoms with van der Waals surface area (Å²) < 4.78 is 5.17. The lowest BCUT2D eigenvalue weighted by Crippen LogP contribution is -2.35. The van der Waals surface area contributed by atoms with Crippen LogP contribution in [0.15, 0.2) is 24.3 Å². The van der Waals surface area contributed by atoms with Crippen molar-refractivity contribution in [3.05, 3.63) is 24.3 Å². The Morgan fingerprint density at radius 1 is 0.476 bits per heavy atom. The molecule has 1 amide bonds. The van der Waals surface area contributed by atoms with E-state index in [1.54, 1.807) is 0 Å². The number of ether oxygens (including phenoxy) is 1. The third kappa shape index (κ3) is 33.3. The Morgan fingerprint density at radius 2 is 0.786 bits per heavy atom. The average Bonchev–Trinajstić information content (AvgIpc) is 2.98. The molecule has 0 fully saturated rings. The molecule has 248 valence electrons. The summed E-state index contributed by atoms with van der Waals surface area (Å²) in [6.07, 6.45) is 47.5. The van der Waals surface area contributed by atoms with Gasteiger partial charge < -0.3 is 10.1 Å². The van der Waals surface area contributed by atoms with Gasteiger partial charge >= 0.3 is 6.09 Å². The molecule has 0 aromatic heterocycles. The smallest absolute Gasteiger partial charge is 0.407 e. The van der Waals surface area contributed by atoms with E-state index in [0.29, 0.717) is 6.61 Å². The Hall–Kier alpha value is -1.25. The number of amides is 1. The Labute approximate surface area is 264 Å². The van der Waals surface area contributed by atoms with E-state index in [9.17, 15) is 4.79 Å². The second-order valence-corrected chi connectivity index (χ2v) is 12.7. The zero-order valence-corrected chi connectivity index (χ0v) is 28.9. The number of hydrogen-bond donors (Lipinski definition) is 1. The molecule has 0 aliphatic rings. The molecular formula is C39H75NO2. The zero-order valence-electron chi connectivity index (χ0n) is 28.9. The second-order valence-electron chi connectivity index (χ2n) is 12.7. The summed E-state index contributed by atoms with van der Waals surface area (Å²) in [6.45, 7) is 6.89. The minimum absolute atomic E-state index is 0.236. The van der Waals surface area contributed by atoms with Crippen molar-refractivity contribution in [3.8, 4) is 0 Å². The third-order valence-electron chi connectivity index (χ3n) is 8.48. The van der Waals surface area contributed by atoms with Gasteiger partial charge in [-0.1, -0.05) is 160 Å². The first-order valence-corrected chi connectivity index (χ1v) is 19.0. The first kappa shape index (κ1) is 40.8. The van der Waals surface area contributed by atoms with Crippen LogP contribution in [0.1, 0.15) is 207 Å². The van der Waals surface area contributed by atoms with Gasteiger partial charge in [-0.25, -0.2) is 4.79 Å². The summed E-state index contributed by atoms with van der Waals surface area (Å²) in [5.41, 5.74) is 0. The first-order chi connectivity index (χ1) is 20.7. The van der Waals surface area contributed by atoms with Gasteiger partial charge in [0.2, 0.25) is 0 Å². The van der Waals surface area contributed by atoms with E-state index < -0.39 is 0 Å². The van der Waals surface area contributed by atoms with Crippen molar-refractivity contribution in [3.63, 3.8) is 0 Å². The molecule has 0 radical (unpaired) electrons. The average molecular weight is 590 g/mol. The Bertz CT molecular complexity index is 585. The van der Waals surface area contributed by atoms with Gasteiger partial charge in [0.15, 0.2) is 0 Å². The van der Waals surface area contributed by atoms with Crippen LogP contribution < -0.4 is 5.32 Å². The summed E-state index contributed by atoms with van der Waals surface area (Å²) in [6, 6.07) is 0.269. The molecule has 0 aromatic rings. The van der Waals surface area contributed by atoms with Crippen molar-refractivity contribution in [2.24, 2.45) is 0 Å². The maximum absolute atomic E-state index is 12.0. The number of carbonyl (C=O) groups is 1. The van der Waals surface area contributed by atoms with Crippen LogP contribution in [0.4, 0.5) is 4.79 Å². The minimum atomic E-state index is -0.236. The minimum Gasteiger partial charge on any atom is -0.450 e. The van der Waals surface area contributed by atoms with Crippen LogP contribution in [-0.2, 0) is 4.74 Å². The number of carbonyl (C=O) groups excluding carboxylic acids is 1. The topological polar surface area (TPSA) is 38.3 Å². The predicted octanol–water partition coefficient (Wildman–Crippen LogP) is 13.6. The molecule has 1 N–H and O–H groups in total. The van der Waals surface area contributed by atoms with Gasteiger partial charge in [-0.15, -0.1) is 0 Å². The second kappa shape index (κ2) is 35.9. The van der Waals surface area contributed by atoms with Gasteiger partial charge in [-0.2, -0.15) is 0 Å². The van der Waals surface area contributed by atoms with Crippen molar-refractivity contribution < 1.29 is 9.53 Å². The number of nitrogens with one attached hydrogen (secondary N) is 1. The van der Waals surface area contributed by atoms with Crippen LogP contribution in [0.2, 0.25) is 0 Å². The van der Waals surface area contributed by atoms with Gasteiger partial charge in [0.25, 0.3) is 0 Å². The van der Waals surface area contributed by atoms with Gasteiger partial charge in [0, 0.05) is 6.04 Å². The van der Waals surface area contributed by atoms with Crippen LogP contribution in [0, 0.1) is 0 Å². The summed E-state index contributed by atoms with van der Waals surface area (Å²) in [7, 11) is 0. The van der Waals surface area contributed by atoms with Crippen molar-refractivity contribution in [1.29, 1.82) is 0 Å². The largest absolute Gasteiger partial charge is 0.450 e. The van der Waals surface area contributed by atoms with Crippen molar-refractivity contribution in [2.45, 2.75) is 213 Å². The number of hydrogen-bond acceptors (Lipinski definition) is 2. The lowest BCUT2D eigenvalue weighted by molar-refractivity contribution is 0.146. The number of unbranched alkanes of at least 4 members (excludes halogenated alkanes) is 23. The SMILES string of the molecule is CCCCCCCCC=CCCCCCCCCC(CCCCCCCC=CCCCCCCCC)NC(=O)OCC. The molecule has 0 spiro atoms. The van der Waals surface area contributed by atoms with Crippen molar-refractivity contribution in [2.75, 3.05) is 6.61 Å². The highest BCUT2D eigenvalue weighted by molar-refractivity contribution is 5.67. The van der Waals surface area contributed by atoms with Crippen LogP contribution >= 0.6 is 0 Å². The maximum atomic E-state index is 12.0. The Balaban J connectivity index is 3.75. The van der Waals surface area contributed by atoms with Gasteiger partial charge in [0.05, 0.1) is 6.61 Å². The monoisotopic (exact) mass is 590 g/mol. The quantitative estimate of drug-likeness (QED) is 0.0610. The molecule has 1 unspecified atom stereocenters. The van der Waals surface area contributed by atoms with Gasteiger partial charge in [0.1, 0.15) is 0 Å². The fraction of sp³-hybridized carbons (Fsp3) is 0.872. The van der Waals surface area contributed by atoms with E-state index in [1.807, 2.05) is 6.92 Å². The van der Waals surface area contributed by atoms with E-state index >= 15 is 0 Å². The van der Waals surface area contributed by atoms with E-state index in [4.69, 9.17) is 4.74 Å².